The molecule has 0 bridgehead atoms. The third-order valence-corrected chi connectivity index (χ3v) is 6.82. The number of amides is 2. The van der Waals surface area contributed by atoms with Gasteiger partial charge in [0.05, 0.1) is 5.69 Å². The first kappa shape index (κ1) is 22.2. The third kappa shape index (κ3) is 3.75. The van der Waals surface area contributed by atoms with Crippen molar-refractivity contribution in [3.8, 4) is 5.69 Å². The summed E-state index contributed by atoms with van der Waals surface area (Å²) in [6, 6.07) is 18.2. The molecule has 3 aromatic carbocycles. The summed E-state index contributed by atoms with van der Waals surface area (Å²) < 4.78 is 28.7. The lowest BCUT2D eigenvalue weighted by atomic mass is 10.1. The predicted molar refractivity (Wildman–Crippen MR) is 132 cm³/mol. The van der Waals surface area contributed by atoms with E-state index in [9.17, 15) is 18.4 Å². The van der Waals surface area contributed by atoms with Crippen molar-refractivity contribution in [2.45, 2.75) is 25.7 Å². The number of nitrogens with zero attached hydrogens (tertiary/aromatic N) is 3. The number of nitrogens with one attached hydrogen (secondary N) is 1. The number of carbonyl (C=O) groups is 2. The van der Waals surface area contributed by atoms with E-state index in [1.165, 1.54) is 10.7 Å². The zero-order valence-corrected chi connectivity index (χ0v) is 19.3. The highest BCUT2D eigenvalue weighted by Crippen LogP contribution is 2.30. The minimum atomic E-state index is -0.965. The van der Waals surface area contributed by atoms with E-state index in [-0.39, 0.29) is 17.5 Å². The monoisotopic (exact) mass is 484 g/mol. The average Bonchev–Trinajstić information content (AvgIpc) is 3.61. The van der Waals surface area contributed by atoms with Gasteiger partial charge in [-0.3, -0.25) is 9.59 Å². The Labute approximate surface area is 206 Å². The minimum absolute atomic E-state index is 0.0825. The Bertz CT molecular complexity index is 1510. The zero-order chi connectivity index (χ0) is 24.8. The molecule has 1 aliphatic heterocycles. The van der Waals surface area contributed by atoms with Crippen molar-refractivity contribution in [1.29, 1.82) is 0 Å². The van der Waals surface area contributed by atoms with Crippen molar-refractivity contribution in [1.82, 2.24) is 9.78 Å². The van der Waals surface area contributed by atoms with Crippen molar-refractivity contribution >= 4 is 23.2 Å². The Morgan fingerprint density at radius 2 is 1.69 bits per heavy atom. The van der Waals surface area contributed by atoms with Crippen LogP contribution in [-0.2, 0) is 19.3 Å². The minimum Gasteiger partial charge on any atom is -0.321 e. The molecular formula is C28H22F2N4O2. The molecule has 8 heteroatoms. The first-order chi connectivity index (χ1) is 17.5. The van der Waals surface area contributed by atoms with Gasteiger partial charge in [0.25, 0.3) is 11.8 Å². The maximum absolute atomic E-state index is 13.8. The normalized spacial score (nSPS) is 14.0. The van der Waals surface area contributed by atoms with Crippen molar-refractivity contribution in [2.24, 2.45) is 0 Å². The molecule has 0 fully saturated rings. The number of rotatable bonds is 4. The Hall–Kier alpha value is -4.33. The molecule has 1 N–H and O–H groups in total. The third-order valence-electron chi connectivity index (χ3n) is 6.82. The summed E-state index contributed by atoms with van der Waals surface area (Å²) >= 11 is 0. The summed E-state index contributed by atoms with van der Waals surface area (Å²) in [7, 11) is 0. The van der Waals surface area contributed by atoms with E-state index in [1.54, 1.807) is 29.2 Å². The van der Waals surface area contributed by atoms with Gasteiger partial charge >= 0.3 is 0 Å². The number of fused-ring (bicyclic) bond motifs is 2. The van der Waals surface area contributed by atoms with Crippen LogP contribution in [0, 0.1) is 11.6 Å². The molecule has 0 saturated heterocycles. The molecule has 0 unspecified atom stereocenters. The van der Waals surface area contributed by atoms with Gasteiger partial charge in [0.2, 0.25) is 0 Å². The van der Waals surface area contributed by atoms with E-state index in [1.807, 2.05) is 24.3 Å². The fraction of sp³-hybridized carbons (Fsp3) is 0.179. The van der Waals surface area contributed by atoms with Crippen LogP contribution in [0.3, 0.4) is 0 Å². The summed E-state index contributed by atoms with van der Waals surface area (Å²) in [6.45, 7) is 0.641. The topological polar surface area (TPSA) is 67.2 Å². The average molecular weight is 485 g/mol. The number of para-hydroxylation sites is 1. The van der Waals surface area contributed by atoms with E-state index in [2.05, 4.69) is 10.4 Å². The van der Waals surface area contributed by atoms with E-state index in [4.69, 9.17) is 0 Å². The summed E-state index contributed by atoms with van der Waals surface area (Å²) in [5.41, 5.74) is 5.45. The molecule has 2 amide bonds. The zero-order valence-electron chi connectivity index (χ0n) is 19.3. The first-order valence-electron chi connectivity index (χ1n) is 11.9. The van der Waals surface area contributed by atoms with Gasteiger partial charge in [-0.05, 0) is 73.7 Å². The lowest BCUT2D eigenvalue weighted by molar-refractivity contribution is 0.0988. The number of anilines is 2. The van der Waals surface area contributed by atoms with Crippen molar-refractivity contribution in [3.05, 3.63) is 106 Å². The standard InChI is InChI=1S/C28H22F2N4O2/c29-22-13-12-20(16-23(22)30)34-25-7-3-5-21(25)26(32-34)27(35)31-19-10-8-18(9-11-19)28(36)33-15-14-17-4-1-2-6-24(17)33/h1-2,4,6,8-13,16H,3,5,7,14-15H2,(H,31,35). The number of aromatic nitrogens is 2. The molecule has 6 rings (SSSR count). The summed E-state index contributed by atoms with van der Waals surface area (Å²) in [5, 5.41) is 7.29. The van der Waals surface area contributed by atoms with Crippen LogP contribution >= 0.6 is 0 Å². The number of hydrogen-bond donors (Lipinski definition) is 1. The van der Waals surface area contributed by atoms with E-state index >= 15 is 0 Å². The van der Waals surface area contributed by atoms with Crippen LogP contribution < -0.4 is 10.2 Å². The molecule has 0 radical (unpaired) electrons. The van der Waals surface area contributed by atoms with E-state index < -0.39 is 11.6 Å². The van der Waals surface area contributed by atoms with Crippen molar-refractivity contribution in [2.75, 3.05) is 16.8 Å². The summed E-state index contributed by atoms with van der Waals surface area (Å²) in [4.78, 5) is 27.9. The molecule has 2 heterocycles. The Morgan fingerprint density at radius 1 is 0.889 bits per heavy atom. The predicted octanol–water partition coefficient (Wildman–Crippen LogP) is 5.09. The van der Waals surface area contributed by atoms with Crippen LogP contribution in [0.1, 0.15) is 44.1 Å². The van der Waals surface area contributed by atoms with Crippen LogP contribution in [0.2, 0.25) is 0 Å². The first-order valence-corrected chi connectivity index (χ1v) is 11.9. The van der Waals surface area contributed by atoms with Crippen molar-refractivity contribution in [3.63, 3.8) is 0 Å². The van der Waals surface area contributed by atoms with Crippen LogP contribution in [0.15, 0.2) is 66.7 Å². The molecule has 4 aromatic rings. The van der Waals surface area contributed by atoms with Crippen LogP contribution in [0.5, 0.6) is 0 Å². The highest BCUT2D eigenvalue weighted by Gasteiger charge is 2.28. The van der Waals surface area contributed by atoms with E-state index in [0.29, 0.717) is 36.3 Å². The van der Waals surface area contributed by atoms with Crippen LogP contribution in [0.25, 0.3) is 5.69 Å². The SMILES string of the molecule is O=C(Nc1ccc(C(=O)N2CCc3ccccc32)cc1)c1nn(-c2ccc(F)c(F)c2)c2c1CCC2. The van der Waals surface area contributed by atoms with Gasteiger partial charge in [0, 0.05) is 40.8 Å². The van der Waals surface area contributed by atoms with Gasteiger partial charge in [-0.15, -0.1) is 0 Å². The molecule has 1 aromatic heterocycles. The lowest BCUT2D eigenvalue weighted by Gasteiger charge is -2.17. The Kier molecular flexibility index (Phi) is 5.36. The summed E-state index contributed by atoms with van der Waals surface area (Å²) in [6.07, 6.45) is 3.07. The second-order valence-corrected chi connectivity index (χ2v) is 9.00. The molecule has 180 valence electrons. The maximum atomic E-state index is 13.8. The second-order valence-electron chi connectivity index (χ2n) is 9.00. The lowest BCUT2D eigenvalue weighted by Crippen LogP contribution is -2.28. The number of halogens is 2. The van der Waals surface area contributed by atoms with Crippen LogP contribution in [-0.4, -0.2) is 28.1 Å². The molecule has 6 nitrogen and oxygen atoms in total. The highest BCUT2D eigenvalue weighted by atomic mass is 19.2. The maximum Gasteiger partial charge on any atom is 0.276 e. The number of benzene rings is 3. The molecular weight excluding hydrogens is 462 g/mol. The largest absolute Gasteiger partial charge is 0.321 e. The fourth-order valence-electron chi connectivity index (χ4n) is 5.04. The van der Waals surface area contributed by atoms with Gasteiger partial charge in [-0.25, -0.2) is 13.5 Å². The Balaban J connectivity index is 1.21. The van der Waals surface area contributed by atoms with Gasteiger partial charge in [0.15, 0.2) is 17.3 Å². The summed E-state index contributed by atoms with van der Waals surface area (Å²) in [5.74, 6) is -2.37. The molecule has 2 aliphatic rings. The highest BCUT2D eigenvalue weighted by molar-refractivity contribution is 6.08. The fourth-order valence-corrected chi connectivity index (χ4v) is 5.04. The van der Waals surface area contributed by atoms with Gasteiger partial charge in [0.1, 0.15) is 0 Å². The smallest absolute Gasteiger partial charge is 0.276 e. The van der Waals surface area contributed by atoms with Gasteiger partial charge in [-0.2, -0.15) is 5.10 Å². The molecule has 1 aliphatic carbocycles. The van der Waals surface area contributed by atoms with Gasteiger partial charge in [-0.1, -0.05) is 18.2 Å². The van der Waals surface area contributed by atoms with Crippen LogP contribution in [0.4, 0.5) is 20.2 Å². The molecule has 36 heavy (non-hydrogen) atoms. The van der Waals surface area contributed by atoms with Crippen molar-refractivity contribution < 1.29 is 18.4 Å². The molecule has 0 atom stereocenters. The quantitative estimate of drug-likeness (QED) is 0.439. The molecule has 0 spiro atoms. The second kappa shape index (κ2) is 8.71. The molecule has 0 saturated carbocycles. The number of carbonyl (C=O) groups excluding carboxylic acids is 2. The Morgan fingerprint density at radius 3 is 2.50 bits per heavy atom. The number of hydrogen-bond acceptors (Lipinski definition) is 3. The van der Waals surface area contributed by atoms with E-state index in [0.717, 1.165) is 47.5 Å². The van der Waals surface area contributed by atoms with Gasteiger partial charge < -0.3 is 10.2 Å².